The summed E-state index contributed by atoms with van der Waals surface area (Å²) in [7, 11) is 0. The van der Waals surface area contributed by atoms with Crippen LogP contribution >= 0.6 is 11.9 Å². The van der Waals surface area contributed by atoms with Gasteiger partial charge in [0.15, 0.2) is 0 Å². The van der Waals surface area contributed by atoms with Crippen LogP contribution in [0.4, 0.5) is 10.1 Å². The van der Waals surface area contributed by atoms with Crippen molar-refractivity contribution in [2.45, 2.75) is 65.8 Å². The second-order valence-corrected chi connectivity index (χ2v) is 10.3. The number of halogens is 1. The van der Waals surface area contributed by atoms with Crippen LogP contribution in [0.25, 0.3) is 16.7 Å². The Morgan fingerprint density at radius 1 is 1.23 bits per heavy atom. The van der Waals surface area contributed by atoms with Crippen LogP contribution in [0.1, 0.15) is 74.8 Å². The fraction of sp³-hybridized carbons (Fsp3) is 0.444. The molecule has 0 aromatic heterocycles. The average molecular weight is 438 g/mol. The molecule has 2 aromatic rings. The fourth-order valence-electron chi connectivity index (χ4n) is 5.27. The molecule has 31 heavy (non-hydrogen) atoms. The second kappa shape index (κ2) is 8.46. The van der Waals surface area contributed by atoms with Gasteiger partial charge in [0.1, 0.15) is 12.1 Å². The number of carbonyl (C=O) groups excluding carboxylic acids is 1. The summed E-state index contributed by atoms with van der Waals surface area (Å²) in [6, 6.07) is 7.23. The van der Waals surface area contributed by atoms with Gasteiger partial charge >= 0.3 is 0 Å². The third-order valence-electron chi connectivity index (χ3n) is 7.03. The van der Waals surface area contributed by atoms with Gasteiger partial charge in [0.25, 0.3) is 0 Å². The van der Waals surface area contributed by atoms with E-state index in [-0.39, 0.29) is 11.9 Å². The highest BCUT2D eigenvalue weighted by Crippen LogP contribution is 2.52. The van der Waals surface area contributed by atoms with Gasteiger partial charge in [0.05, 0.1) is 11.7 Å². The van der Waals surface area contributed by atoms with E-state index in [0.717, 1.165) is 42.2 Å². The van der Waals surface area contributed by atoms with Crippen molar-refractivity contribution in [3.05, 3.63) is 58.4 Å². The van der Waals surface area contributed by atoms with Gasteiger partial charge in [0, 0.05) is 18.2 Å². The molecule has 1 aliphatic carbocycles. The number of fused-ring (bicyclic) bond motifs is 3. The van der Waals surface area contributed by atoms with Gasteiger partial charge in [0.2, 0.25) is 0 Å². The van der Waals surface area contributed by atoms with E-state index < -0.39 is 0 Å². The van der Waals surface area contributed by atoms with Crippen LogP contribution in [-0.4, -0.2) is 12.5 Å². The van der Waals surface area contributed by atoms with Gasteiger partial charge in [-0.3, -0.25) is 0 Å². The lowest BCUT2D eigenvalue weighted by Gasteiger charge is -2.40. The molecule has 2 nitrogen and oxygen atoms in total. The highest BCUT2D eigenvalue weighted by molar-refractivity contribution is 8.00. The number of carbonyl (C=O) groups is 1. The number of rotatable bonds is 5. The summed E-state index contributed by atoms with van der Waals surface area (Å²) in [5, 5.41) is 0. The Kier molecular flexibility index (Phi) is 6.04. The number of nitrogens with zero attached hydrogens (tertiary/aromatic N) is 1. The Bertz CT molecular complexity index is 1060. The molecular formula is C27H32FNOS. The maximum Gasteiger partial charge on any atom is 0.123 e. The van der Waals surface area contributed by atoms with Crippen molar-refractivity contribution in [1.29, 1.82) is 0 Å². The maximum atomic E-state index is 14.2. The molecule has 1 aliphatic heterocycles. The van der Waals surface area contributed by atoms with Crippen molar-refractivity contribution in [3.63, 3.8) is 0 Å². The zero-order chi connectivity index (χ0) is 22.3. The molecule has 4 heteroatoms. The molecule has 0 fully saturated rings. The Hall–Kier alpha value is -2.07. The molecule has 1 heterocycles. The van der Waals surface area contributed by atoms with Crippen molar-refractivity contribution in [2.75, 3.05) is 10.6 Å². The van der Waals surface area contributed by atoms with E-state index in [1.165, 1.54) is 34.4 Å². The fourth-order valence-corrected chi connectivity index (χ4v) is 6.14. The van der Waals surface area contributed by atoms with Crippen molar-refractivity contribution >= 4 is 29.5 Å². The summed E-state index contributed by atoms with van der Waals surface area (Å²) in [4.78, 5) is 11.5. The van der Waals surface area contributed by atoms with E-state index in [2.05, 4.69) is 44.1 Å². The molecule has 4 rings (SSSR count). The molecule has 1 atom stereocenters. The molecule has 0 saturated heterocycles. The number of hydrogen-bond acceptors (Lipinski definition) is 3. The first-order valence-corrected chi connectivity index (χ1v) is 12.4. The Balaban J connectivity index is 1.98. The third kappa shape index (κ3) is 3.84. The largest absolute Gasteiger partial charge is 0.308 e. The number of anilines is 1. The first-order chi connectivity index (χ1) is 14.8. The molecule has 0 bridgehead atoms. The lowest BCUT2D eigenvalue weighted by Crippen LogP contribution is -2.28. The first-order valence-electron chi connectivity index (χ1n) is 11.2. The van der Waals surface area contributed by atoms with Crippen molar-refractivity contribution in [3.8, 4) is 11.1 Å². The van der Waals surface area contributed by atoms with E-state index in [1.54, 1.807) is 24.1 Å². The van der Waals surface area contributed by atoms with Crippen molar-refractivity contribution < 1.29 is 9.18 Å². The third-order valence-corrected chi connectivity index (χ3v) is 7.86. The highest BCUT2D eigenvalue weighted by Gasteiger charge is 2.34. The van der Waals surface area contributed by atoms with E-state index in [1.807, 2.05) is 12.3 Å². The minimum atomic E-state index is -0.251. The Labute approximate surface area is 190 Å². The van der Waals surface area contributed by atoms with E-state index in [0.29, 0.717) is 11.8 Å². The number of hydrogen-bond donors (Lipinski definition) is 0. The lowest BCUT2D eigenvalue weighted by molar-refractivity contribution is -0.108. The monoisotopic (exact) mass is 437 g/mol. The number of benzene rings is 2. The molecule has 0 spiro atoms. The van der Waals surface area contributed by atoms with Crippen LogP contribution in [0.5, 0.6) is 0 Å². The van der Waals surface area contributed by atoms with Gasteiger partial charge in [-0.25, -0.2) is 4.39 Å². The number of aldehydes is 1. The topological polar surface area (TPSA) is 20.3 Å². The zero-order valence-corrected chi connectivity index (χ0v) is 20.0. The van der Waals surface area contributed by atoms with Crippen LogP contribution in [0, 0.1) is 18.2 Å². The summed E-state index contributed by atoms with van der Waals surface area (Å²) in [6.45, 7) is 9.12. The predicted octanol–water partition coefficient (Wildman–Crippen LogP) is 7.69. The van der Waals surface area contributed by atoms with Crippen LogP contribution in [0.3, 0.4) is 0 Å². The summed E-state index contributed by atoms with van der Waals surface area (Å²) < 4.78 is 16.5. The molecule has 2 aliphatic rings. The van der Waals surface area contributed by atoms with Gasteiger partial charge in [-0.05, 0) is 89.6 Å². The van der Waals surface area contributed by atoms with Crippen LogP contribution < -0.4 is 4.31 Å². The average Bonchev–Trinajstić information content (AvgIpc) is 2.74. The highest BCUT2D eigenvalue weighted by atomic mass is 32.2. The quantitative estimate of drug-likeness (QED) is 0.353. The van der Waals surface area contributed by atoms with E-state index >= 15 is 0 Å². The SMILES string of the molecule is CCc1c(C2=CCC(C)(C)CC2)cc2c(c1C)N(SC)[C@@H](CC=O)c1cc(F)ccc1-2. The molecule has 0 radical (unpaired) electrons. The minimum Gasteiger partial charge on any atom is -0.308 e. The zero-order valence-electron chi connectivity index (χ0n) is 19.2. The molecule has 0 amide bonds. The molecule has 0 saturated carbocycles. The first kappa shape index (κ1) is 22.1. The normalized spacial score (nSPS) is 19.5. The summed E-state index contributed by atoms with van der Waals surface area (Å²) in [6.07, 6.45) is 10.1. The summed E-state index contributed by atoms with van der Waals surface area (Å²) in [5.41, 5.74) is 10.1. The molecule has 0 N–H and O–H groups in total. The molecule has 164 valence electrons. The van der Waals surface area contributed by atoms with E-state index in [4.69, 9.17) is 0 Å². The van der Waals surface area contributed by atoms with Crippen molar-refractivity contribution in [2.24, 2.45) is 5.41 Å². The summed E-state index contributed by atoms with van der Waals surface area (Å²) in [5.74, 6) is -0.251. The summed E-state index contributed by atoms with van der Waals surface area (Å²) >= 11 is 1.62. The lowest BCUT2D eigenvalue weighted by atomic mass is 9.75. The van der Waals surface area contributed by atoms with Crippen LogP contribution in [0.15, 0.2) is 30.3 Å². The van der Waals surface area contributed by atoms with Crippen molar-refractivity contribution in [1.82, 2.24) is 0 Å². The van der Waals surface area contributed by atoms with Gasteiger partial charge in [-0.2, -0.15) is 0 Å². The Morgan fingerprint density at radius 2 is 2.00 bits per heavy atom. The van der Waals surface area contributed by atoms with Gasteiger partial charge in [-0.15, -0.1) is 0 Å². The smallest absolute Gasteiger partial charge is 0.123 e. The van der Waals surface area contributed by atoms with Crippen LogP contribution in [0.2, 0.25) is 0 Å². The molecule has 0 unspecified atom stereocenters. The molecular weight excluding hydrogens is 405 g/mol. The van der Waals surface area contributed by atoms with Crippen LogP contribution in [-0.2, 0) is 11.2 Å². The molecule has 2 aromatic carbocycles. The van der Waals surface area contributed by atoms with Gasteiger partial charge < -0.3 is 9.10 Å². The maximum absolute atomic E-state index is 14.2. The Morgan fingerprint density at radius 3 is 2.61 bits per heavy atom. The second-order valence-electron chi connectivity index (χ2n) is 9.53. The predicted molar refractivity (Wildman–Crippen MR) is 131 cm³/mol. The van der Waals surface area contributed by atoms with E-state index in [9.17, 15) is 9.18 Å². The number of allylic oxidation sites excluding steroid dienone is 2. The van der Waals surface area contributed by atoms with Gasteiger partial charge in [-0.1, -0.05) is 44.9 Å². The minimum absolute atomic E-state index is 0.158. The standard InChI is InChI=1S/C27H32FNOS/c1-6-20-17(2)26-24(16-22(20)18-9-12-27(3,4)13-10-18)21-8-7-19(28)15-23(21)25(11-14-30)29(26)31-5/h7-9,14-16,25H,6,10-13H2,1-5H3/t25-/m0/s1.